The van der Waals surface area contributed by atoms with Crippen LogP contribution < -0.4 is 9.80 Å². The molecule has 24 heavy (non-hydrogen) atoms. The molecular weight excluding hydrogens is 303 g/mol. The number of benzene rings is 2. The average Bonchev–Trinajstić information content (AvgIpc) is 2.61. The summed E-state index contributed by atoms with van der Waals surface area (Å²) in [6.45, 7) is 5.67. The van der Waals surface area contributed by atoms with E-state index in [1.807, 2.05) is 0 Å². The van der Waals surface area contributed by atoms with Gasteiger partial charge in [-0.05, 0) is 42.8 Å². The standard InChI is InChI=1S/C19H19FN4/c1-14-3-2-4-16(11-14)23-7-9-24(10-8-23)19-17-12-15(20)5-6-18(17)21-13-22-19/h2-6,11-13H,7-10H2,1H3. The van der Waals surface area contributed by atoms with Crippen LogP contribution in [0.3, 0.4) is 0 Å². The number of anilines is 2. The summed E-state index contributed by atoms with van der Waals surface area (Å²) in [6, 6.07) is 13.2. The van der Waals surface area contributed by atoms with Crippen molar-refractivity contribution in [3.8, 4) is 0 Å². The van der Waals surface area contributed by atoms with Gasteiger partial charge in [-0.25, -0.2) is 14.4 Å². The first-order valence-corrected chi connectivity index (χ1v) is 8.17. The molecule has 5 heteroatoms. The number of nitrogens with zero attached hydrogens (tertiary/aromatic N) is 4. The van der Waals surface area contributed by atoms with Crippen LogP contribution in [-0.2, 0) is 0 Å². The van der Waals surface area contributed by atoms with E-state index in [1.54, 1.807) is 12.4 Å². The summed E-state index contributed by atoms with van der Waals surface area (Å²) in [6.07, 6.45) is 1.56. The number of fused-ring (bicyclic) bond motifs is 1. The van der Waals surface area contributed by atoms with E-state index in [-0.39, 0.29) is 5.82 Å². The fourth-order valence-electron chi connectivity index (χ4n) is 3.27. The Hall–Kier alpha value is -2.69. The Bertz CT molecular complexity index is 872. The first kappa shape index (κ1) is 14.9. The molecule has 0 unspecified atom stereocenters. The van der Waals surface area contributed by atoms with E-state index < -0.39 is 0 Å². The van der Waals surface area contributed by atoms with Gasteiger partial charge in [-0.3, -0.25) is 0 Å². The van der Waals surface area contributed by atoms with Crippen molar-refractivity contribution in [1.82, 2.24) is 9.97 Å². The first-order chi connectivity index (χ1) is 11.7. The van der Waals surface area contributed by atoms with E-state index in [1.165, 1.54) is 23.4 Å². The quantitative estimate of drug-likeness (QED) is 0.724. The number of rotatable bonds is 2. The maximum absolute atomic E-state index is 13.6. The van der Waals surface area contributed by atoms with Crippen LogP contribution in [0.2, 0.25) is 0 Å². The lowest BCUT2D eigenvalue weighted by molar-refractivity contribution is 0.628. The van der Waals surface area contributed by atoms with Gasteiger partial charge in [0.05, 0.1) is 5.52 Å². The fraction of sp³-hybridized carbons (Fsp3) is 0.263. The summed E-state index contributed by atoms with van der Waals surface area (Å²) >= 11 is 0. The summed E-state index contributed by atoms with van der Waals surface area (Å²) < 4.78 is 13.6. The summed E-state index contributed by atoms with van der Waals surface area (Å²) in [5.41, 5.74) is 3.31. The summed E-state index contributed by atoms with van der Waals surface area (Å²) in [7, 11) is 0. The van der Waals surface area contributed by atoms with Gasteiger partial charge in [0.25, 0.3) is 0 Å². The van der Waals surface area contributed by atoms with Gasteiger partial charge in [0, 0.05) is 37.3 Å². The molecular formula is C19H19FN4. The van der Waals surface area contributed by atoms with Gasteiger partial charge in [-0.1, -0.05) is 12.1 Å². The van der Waals surface area contributed by atoms with Gasteiger partial charge in [0.1, 0.15) is 18.0 Å². The Balaban J connectivity index is 1.57. The fourth-order valence-corrected chi connectivity index (χ4v) is 3.27. The molecule has 0 N–H and O–H groups in total. The van der Waals surface area contributed by atoms with Gasteiger partial charge in [-0.15, -0.1) is 0 Å². The van der Waals surface area contributed by atoms with Crippen LogP contribution in [0.4, 0.5) is 15.9 Å². The molecule has 4 rings (SSSR count). The largest absolute Gasteiger partial charge is 0.368 e. The summed E-state index contributed by atoms with van der Waals surface area (Å²) in [4.78, 5) is 13.2. The zero-order valence-corrected chi connectivity index (χ0v) is 13.6. The molecule has 0 aliphatic carbocycles. The molecule has 1 aliphatic heterocycles. The Kier molecular flexibility index (Phi) is 3.76. The maximum atomic E-state index is 13.6. The molecule has 1 fully saturated rings. The molecule has 4 nitrogen and oxygen atoms in total. The van der Waals surface area contributed by atoms with E-state index in [2.05, 4.69) is 51.0 Å². The Morgan fingerprint density at radius 2 is 1.71 bits per heavy atom. The molecule has 0 radical (unpaired) electrons. The van der Waals surface area contributed by atoms with Crippen LogP contribution in [0.1, 0.15) is 5.56 Å². The van der Waals surface area contributed by atoms with Crippen molar-refractivity contribution in [3.05, 3.63) is 60.2 Å². The highest BCUT2D eigenvalue weighted by Gasteiger charge is 2.20. The van der Waals surface area contributed by atoms with Crippen molar-refractivity contribution in [2.75, 3.05) is 36.0 Å². The molecule has 1 saturated heterocycles. The average molecular weight is 322 g/mol. The predicted octanol–water partition coefficient (Wildman–Crippen LogP) is 3.40. The van der Waals surface area contributed by atoms with E-state index in [0.29, 0.717) is 0 Å². The first-order valence-electron chi connectivity index (χ1n) is 8.17. The minimum atomic E-state index is -0.253. The van der Waals surface area contributed by atoms with Crippen LogP contribution in [0.5, 0.6) is 0 Å². The topological polar surface area (TPSA) is 32.3 Å². The lowest BCUT2D eigenvalue weighted by Crippen LogP contribution is -2.47. The highest BCUT2D eigenvalue weighted by atomic mass is 19.1. The number of halogens is 1. The van der Waals surface area contributed by atoms with Crippen molar-refractivity contribution in [2.45, 2.75) is 6.92 Å². The molecule has 122 valence electrons. The molecule has 0 amide bonds. The Labute approximate surface area is 140 Å². The maximum Gasteiger partial charge on any atom is 0.140 e. The molecule has 1 aliphatic rings. The van der Waals surface area contributed by atoms with Crippen molar-refractivity contribution in [3.63, 3.8) is 0 Å². The highest BCUT2D eigenvalue weighted by Crippen LogP contribution is 2.26. The third-order valence-corrected chi connectivity index (χ3v) is 4.52. The molecule has 3 aromatic rings. The van der Waals surface area contributed by atoms with Crippen LogP contribution >= 0.6 is 0 Å². The van der Waals surface area contributed by atoms with Crippen molar-refractivity contribution in [1.29, 1.82) is 0 Å². The number of hydrogen-bond acceptors (Lipinski definition) is 4. The van der Waals surface area contributed by atoms with Crippen LogP contribution in [-0.4, -0.2) is 36.1 Å². The van der Waals surface area contributed by atoms with Crippen LogP contribution in [0.15, 0.2) is 48.8 Å². The summed E-state index contributed by atoms with van der Waals surface area (Å²) in [5.74, 6) is 0.570. The second kappa shape index (κ2) is 6.07. The minimum Gasteiger partial charge on any atom is -0.368 e. The zero-order chi connectivity index (χ0) is 16.5. The monoisotopic (exact) mass is 322 g/mol. The van der Waals surface area contributed by atoms with Crippen molar-refractivity contribution < 1.29 is 4.39 Å². The summed E-state index contributed by atoms with van der Waals surface area (Å²) in [5, 5.41) is 0.779. The second-order valence-corrected chi connectivity index (χ2v) is 6.17. The smallest absolute Gasteiger partial charge is 0.140 e. The number of aryl methyl sites for hydroxylation is 1. The van der Waals surface area contributed by atoms with Crippen molar-refractivity contribution in [2.24, 2.45) is 0 Å². The van der Waals surface area contributed by atoms with E-state index >= 15 is 0 Å². The van der Waals surface area contributed by atoms with E-state index in [0.717, 1.165) is 42.9 Å². The minimum absolute atomic E-state index is 0.253. The SMILES string of the molecule is Cc1cccc(N2CCN(c3ncnc4ccc(F)cc34)CC2)c1. The van der Waals surface area contributed by atoms with E-state index in [9.17, 15) is 4.39 Å². The van der Waals surface area contributed by atoms with E-state index in [4.69, 9.17) is 0 Å². The molecule has 0 bridgehead atoms. The third-order valence-electron chi connectivity index (χ3n) is 4.52. The molecule has 0 saturated carbocycles. The normalized spacial score (nSPS) is 15.1. The molecule has 2 aromatic carbocycles. The van der Waals surface area contributed by atoms with Gasteiger partial charge < -0.3 is 9.80 Å². The van der Waals surface area contributed by atoms with Crippen molar-refractivity contribution >= 4 is 22.4 Å². The van der Waals surface area contributed by atoms with Gasteiger partial charge in [0.15, 0.2) is 0 Å². The van der Waals surface area contributed by atoms with Gasteiger partial charge >= 0.3 is 0 Å². The number of aromatic nitrogens is 2. The zero-order valence-electron chi connectivity index (χ0n) is 13.6. The van der Waals surface area contributed by atoms with Gasteiger partial charge in [0.2, 0.25) is 0 Å². The lowest BCUT2D eigenvalue weighted by Gasteiger charge is -2.37. The van der Waals surface area contributed by atoms with Gasteiger partial charge in [-0.2, -0.15) is 0 Å². The lowest BCUT2D eigenvalue weighted by atomic mass is 10.1. The third kappa shape index (κ3) is 2.77. The van der Waals surface area contributed by atoms with Crippen LogP contribution in [0.25, 0.3) is 10.9 Å². The highest BCUT2D eigenvalue weighted by molar-refractivity contribution is 5.89. The molecule has 0 atom stereocenters. The van der Waals surface area contributed by atoms with Crippen LogP contribution in [0, 0.1) is 12.7 Å². The molecule has 2 heterocycles. The predicted molar refractivity (Wildman–Crippen MR) is 95.1 cm³/mol. The second-order valence-electron chi connectivity index (χ2n) is 6.17. The molecule has 1 aromatic heterocycles. The number of hydrogen-bond donors (Lipinski definition) is 0. The Morgan fingerprint density at radius 1 is 0.917 bits per heavy atom. The Morgan fingerprint density at radius 3 is 2.50 bits per heavy atom. The number of piperazine rings is 1. The molecule has 0 spiro atoms.